The van der Waals surface area contributed by atoms with Crippen LogP contribution in [0.3, 0.4) is 0 Å². The molecule has 6 nitrogen and oxygen atoms in total. The van der Waals surface area contributed by atoms with E-state index in [2.05, 4.69) is 15.7 Å². The molecule has 11 heteroatoms. The van der Waals surface area contributed by atoms with Crippen molar-refractivity contribution in [1.82, 2.24) is 9.78 Å². The fourth-order valence-corrected chi connectivity index (χ4v) is 5.42. The molecule has 0 aliphatic rings. The van der Waals surface area contributed by atoms with Gasteiger partial charge in [-0.25, -0.2) is 9.18 Å². The molecular weight excluding hydrogens is 518 g/mol. The third-order valence-corrected chi connectivity index (χ3v) is 7.44. The molecule has 2 heterocycles. The zero-order valence-corrected chi connectivity index (χ0v) is 21.5. The van der Waals surface area contributed by atoms with Crippen LogP contribution in [0, 0.1) is 19.7 Å². The number of aryl methyl sites for hydroxylation is 1. The topological polar surface area (TPSA) is 68.2 Å². The highest BCUT2D eigenvalue weighted by atomic mass is 35.5. The first-order valence-electron chi connectivity index (χ1n) is 10.0. The van der Waals surface area contributed by atoms with E-state index in [1.807, 2.05) is 32.0 Å². The molecule has 0 atom stereocenters. The van der Waals surface area contributed by atoms with Crippen molar-refractivity contribution in [3.8, 4) is 0 Å². The van der Waals surface area contributed by atoms with Gasteiger partial charge in [-0.15, -0.1) is 11.3 Å². The number of thiocarbonyl (C=S) groups is 1. The van der Waals surface area contributed by atoms with Crippen molar-refractivity contribution >= 4 is 79.3 Å². The van der Waals surface area contributed by atoms with E-state index in [0.717, 1.165) is 27.2 Å². The molecule has 2 N–H and O–H groups in total. The maximum absolute atomic E-state index is 14.2. The van der Waals surface area contributed by atoms with Crippen LogP contribution >= 0.6 is 46.8 Å². The Kier molecular flexibility index (Phi) is 7.09. The second-order valence-electron chi connectivity index (χ2n) is 7.43. The lowest BCUT2D eigenvalue weighted by atomic mass is 10.2. The van der Waals surface area contributed by atoms with Crippen molar-refractivity contribution < 1.29 is 13.9 Å². The number of aromatic nitrogens is 2. The van der Waals surface area contributed by atoms with E-state index in [-0.39, 0.29) is 12.4 Å². The summed E-state index contributed by atoms with van der Waals surface area (Å²) < 4.78 is 21.5. The van der Waals surface area contributed by atoms with E-state index in [9.17, 15) is 9.18 Å². The zero-order chi connectivity index (χ0) is 24.6. The number of methoxy groups -OCH3 is 1. The molecule has 4 rings (SSSR count). The molecule has 4 aromatic rings. The number of nitrogens with zero attached hydrogens (tertiary/aromatic N) is 2. The number of benzene rings is 2. The molecule has 0 aliphatic carbocycles. The Hall–Kier alpha value is -2.72. The van der Waals surface area contributed by atoms with Crippen molar-refractivity contribution in [2.24, 2.45) is 0 Å². The summed E-state index contributed by atoms with van der Waals surface area (Å²) in [4.78, 5) is 12.3. The van der Waals surface area contributed by atoms with Gasteiger partial charge in [0, 0.05) is 26.4 Å². The Labute approximate surface area is 214 Å². The fourth-order valence-electron chi connectivity index (χ4n) is 3.51. The standard InChI is InChI=1S/C23H19Cl2FN4O2S2/c1-11-20(12(2)30(29-11)10-15-16(24)5-4-6-17(15)26)28-23(33)27-13-7-8-14-18(9-13)34-21(19(14)25)22(31)32-3/h4-9H,10H2,1-3H3,(H2,27,28,33). The number of thiophene rings is 1. The van der Waals surface area contributed by atoms with Gasteiger partial charge < -0.3 is 15.4 Å². The van der Waals surface area contributed by atoms with Gasteiger partial charge in [0.25, 0.3) is 0 Å². The van der Waals surface area contributed by atoms with Crippen molar-refractivity contribution in [3.63, 3.8) is 0 Å². The third-order valence-electron chi connectivity index (χ3n) is 5.25. The average molecular weight is 537 g/mol. The monoisotopic (exact) mass is 536 g/mol. The summed E-state index contributed by atoms with van der Waals surface area (Å²) in [7, 11) is 1.32. The molecule has 176 valence electrons. The van der Waals surface area contributed by atoms with Gasteiger partial charge in [-0.3, -0.25) is 4.68 Å². The van der Waals surface area contributed by atoms with Gasteiger partial charge in [0.1, 0.15) is 10.7 Å². The Balaban J connectivity index is 1.52. The minimum absolute atomic E-state index is 0.193. The number of fused-ring (bicyclic) bond motifs is 1. The number of rotatable bonds is 5. The predicted octanol–water partition coefficient (Wildman–Crippen LogP) is 6.80. The highest BCUT2D eigenvalue weighted by Crippen LogP contribution is 2.37. The van der Waals surface area contributed by atoms with Crippen LogP contribution in [-0.2, 0) is 11.3 Å². The molecule has 0 fully saturated rings. The number of hydrogen-bond acceptors (Lipinski definition) is 5. The minimum atomic E-state index is -0.475. The first kappa shape index (κ1) is 24.4. The minimum Gasteiger partial charge on any atom is -0.465 e. The molecule has 0 radical (unpaired) electrons. The average Bonchev–Trinajstić information content (AvgIpc) is 3.26. The summed E-state index contributed by atoms with van der Waals surface area (Å²) in [5.74, 6) is -0.858. The maximum atomic E-state index is 14.2. The van der Waals surface area contributed by atoms with E-state index < -0.39 is 5.97 Å². The van der Waals surface area contributed by atoms with Crippen LogP contribution in [0.25, 0.3) is 10.1 Å². The van der Waals surface area contributed by atoms with E-state index >= 15 is 0 Å². The van der Waals surface area contributed by atoms with Gasteiger partial charge in [-0.05, 0) is 56.4 Å². The van der Waals surface area contributed by atoms with Crippen LogP contribution in [0.15, 0.2) is 36.4 Å². The van der Waals surface area contributed by atoms with Gasteiger partial charge in [0.05, 0.1) is 35.8 Å². The molecular formula is C23H19Cl2FN4O2S2. The highest BCUT2D eigenvalue weighted by molar-refractivity contribution is 7.80. The molecule has 0 aliphatic heterocycles. The second-order valence-corrected chi connectivity index (χ2v) is 9.68. The smallest absolute Gasteiger partial charge is 0.349 e. The van der Waals surface area contributed by atoms with Gasteiger partial charge in [-0.2, -0.15) is 5.10 Å². The molecule has 0 spiro atoms. The zero-order valence-electron chi connectivity index (χ0n) is 18.3. The molecule has 2 aromatic heterocycles. The number of hydrogen-bond donors (Lipinski definition) is 2. The lowest BCUT2D eigenvalue weighted by Crippen LogP contribution is -2.20. The van der Waals surface area contributed by atoms with Gasteiger partial charge in [-0.1, -0.05) is 29.3 Å². The molecule has 34 heavy (non-hydrogen) atoms. The van der Waals surface area contributed by atoms with E-state index in [0.29, 0.717) is 31.3 Å². The van der Waals surface area contributed by atoms with Crippen LogP contribution in [0.4, 0.5) is 15.8 Å². The van der Waals surface area contributed by atoms with E-state index in [1.54, 1.807) is 16.8 Å². The van der Waals surface area contributed by atoms with E-state index in [1.165, 1.54) is 24.5 Å². The summed E-state index contributed by atoms with van der Waals surface area (Å²) in [5, 5.41) is 12.6. The quantitative estimate of drug-likeness (QED) is 0.216. The summed E-state index contributed by atoms with van der Waals surface area (Å²) >= 11 is 19.2. The number of anilines is 2. The fraction of sp³-hybridized carbons (Fsp3) is 0.174. The van der Waals surface area contributed by atoms with Crippen LogP contribution < -0.4 is 10.6 Å². The Morgan fingerprint density at radius 3 is 2.71 bits per heavy atom. The van der Waals surface area contributed by atoms with Gasteiger partial charge >= 0.3 is 5.97 Å². The maximum Gasteiger partial charge on any atom is 0.349 e. The predicted molar refractivity (Wildman–Crippen MR) is 140 cm³/mol. The summed E-state index contributed by atoms with van der Waals surface area (Å²) in [6.07, 6.45) is 0. The second kappa shape index (κ2) is 9.87. The highest BCUT2D eigenvalue weighted by Gasteiger charge is 2.19. The molecule has 0 amide bonds. The number of halogens is 3. The summed E-state index contributed by atoms with van der Waals surface area (Å²) in [6.45, 7) is 3.90. The lowest BCUT2D eigenvalue weighted by Gasteiger charge is -2.12. The summed E-state index contributed by atoms with van der Waals surface area (Å²) in [5.41, 5.74) is 3.30. The normalized spacial score (nSPS) is 11.0. The Morgan fingerprint density at radius 1 is 1.24 bits per heavy atom. The Morgan fingerprint density at radius 2 is 2.00 bits per heavy atom. The molecule has 0 saturated heterocycles. The van der Waals surface area contributed by atoms with Crippen LogP contribution in [0.5, 0.6) is 0 Å². The van der Waals surface area contributed by atoms with Crippen molar-refractivity contribution in [1.29, 1.82) is 0 Å². The van der Waals surface area contributed by atoms with Crippen molar-refractivity contribution in [2.75, 3.05) is 17.7 Å². The van der Waals surface area contributed by atoms with Crippen LogP contribution in [0.2, 0.25) is 10.0 Å². The third kappa shape index (κ3) is 4.74. The van der Waals surface area contributed by atoms with Crippen molar-refractivity contribution in [3.05, 3.63) is 74.1 Å². The van der Waals surface area contributed by atoms with Crippen molar-refractivity contribution in [2.45, 2.75) is 20.4 Å². The van der Waals surface area contributed by atoms with E-state index in [4.69, 9.17) is 40.2 Å². The van der Waals surface area contributed by atoms with Gasteiger partial charge in [0.15, 0.2) is 5.11 Å². The largest absolute Gasteiger partial charge is 0.465 e. The Bertz CT molecular complexity index is 1410. The summed E-state index contributed by atoms with van der Waals surface area (Å²) in [6, 6.07) is 10.1. The SMILES string of the molecule is COC(=O)c1sc2cc(NC(=S)Nc3c(C)nn(Cc4c(F)cccc4Cl)c3C)ccc2c1Cl. The van der Waals surface area contributed by atoms with Crippen LogP contribution in [-0.4, -0.2) is 28.0 Å². The number of ether oxygens (including phenoxy) is 1. The number of esters is 1. The number of carbonyl (C=O) groups excluding carboxylic acids is 1. The molecule has 0 saturated carbocycles. The number of carbonyl (C=O) groups is 1. The first-order valence-corrected chi connectivity index (χ1v) is 12.0. The van der Waals surface area contributed by atoms with Gasteiger partial charge in [0.2, 0.25) is 0 Å². The number of nitrogens with one attached hydrogen (secondary N) is 2. The molecule has 0 unspecified atom stereocenters. The van der Waals surface area contributed by atoms with Crippen LogP contribution in [0.1, 0.15) is 26.6 Å². The lowest BCUT2D eigenvalue weighted by molar-refractivity contribution is 0.0606. The molecule has 0 bridgehead atoms. The molecule has 2 aromatic carbocycles. The first-order chi connectivity index (χ1) is 16.2.